The molecule has 2 rings (SSSR count). The third kappa shape index (κ3) is 4.63. The average Bonchev–Trinajstić information content (AvgIpc) is 2.49. The van der Waals surface area contributed by atoms with E-state index in [1.165, 1.54) is 0 Å². The van der Waals surface area contributed by atoms with Gasteiger partial charge in [-0.1, -0.05) is 23.7 Å². The molecule has 21 heavy (non-hydrogen) atoms. The van der Waals surface area contributed by atoms with Gasteiger partial charge >= 0.3 is 12.0 Å². The lowest BCUT2D eigenvalue weighted by molar-refractivity contribution is -0.143. The monoisotopic (exact) mass is 310 g/mol. The molecule has 6 heteroatoms. The van der Waals surface area contributed by atoms with Crippen molar-refractivity contribution in [3.8, 4) is 0 Å². The highest BCUT2D eigenvalue weighted by molar-refractivity contribution is 6.30. The summed E-state index contributed by atoms with van der Waals surface area (Å²) in [5.74, 6) is -1.27. The van der Waals surface area contributed by atoms with Crippen molar-refractivity contribution in [3.63, 3.8) is 0 Å². The van der Waals surface area contributed by atoms with E-state index in [2.05, 4.69) is 5.32 Å². The number of amides is 2. The van der Waals surface area contributed by atoms with Gasteiger partial charge < -0.3 is 15.3 Å². The number of nitrogens with one attached hydrogen (secondary N) is 1. The Labute approximate surface area is 128 Å². The van der Waals surface area contributed by atoms with Crippen molar-refractivity contribution in [3.05, 3.63) is 34.9 Å². The summed E-state index contributed by atoms with van der Waals surface area (Å²) in [7, 11) is 0. The van der Waals surface area contributed by atoms with Crippen LogP contribution < -0.4 is 5.32 Å². The van der Waals surface area contributed by atoms with Crippen molar-refractivity contribution in [2.75, 3.05) is 19.6 Å². The van der Waals surface area contributed by atoms with Crippen LogP contribution >= 0.6 is 11.6 Å². The van der Waals surface area contributed by atoms with Crippen LogP contribution in [0.3, 0.4) is 0 Å². The van der Waals surface area contributed by atoms with E-state index >= 15 is 0 Å². The molecule has 0 aliphatic carbocycles. The molecular formula is C15H19ClN2O3. The van der Waals surface area contributed by atoms with Gasteiger partial charge in [-0.25, -0.2) is 4.79 Å². The van der Waals surface area contributed by atoms with Gasteiger partial charge in [0.25, 0.3) is 0 Å². The summed E-state index contributed by atoms with van der Waals surface area (Å²) in [5.41, 5.74) is 1.10. The third-order valence-corrected chi connectivity index (χ3v) is 3.91. The van der Waals surface area contributed by atoms with E-state index in [4.69, 9.17) is 16.7 Å². The number of likely N-dealkylation sites (tertiary alicyclic amines) is 1. The molecule has 1 aliphatic heterocycles. The van der Waals surface area contributed by atoms with Gasteiger partial charge in [0, 0.05) is 24.7 Å². The van der Waals surface area contributed by atoms with Crippen LogP contribution in [0.15, 0.2) is 24.3 Å². The van der Waals surface area contributed by atoms with E-state index in [1.54, 1.807) is 4.90 Å². The maximum absolute atomic E-state index is 12.0. The second-order valence-electron chi connectivity index (χ2n) is 5.23. The van der Waals surface area contributed by atoms with Gasteiger partial charge in [0.15, 0.2) is 0 Å². The highest BCUT2D eigenvalue weighted by Gasteiger charge is 2.27. The number of nitrogens with zero attached hydrogens (tertiary/aromatic N) is 1. The number of carbonyl (C=O) groups is 2. The second-order valence-corrected chi connectivity index (χ2v) is 5.67. The summed E-state index contributed by atoms with van der Waals surface area (Å²) >= 11 is 5.81. The predicted octanol–water partition coefficient (Wildman–Crippen LogP) is 2.39. The number of carboxylic acid groups (broad SMARTS) is 1. The molecule has 1 aromatic rings. The zero-order valence-corrected chi connectivity index (χ0v) is 12.5. The van der Waals surface area contributed by atoms with Gasteiger partial charge in [0.05, 0.1) is 5.92 Å². The van der Waals surface area contributed by atoms with Gasteiger partial charge in [0.2, 0.25) is 0 Å². The van der Waals surface area contributed by atoms with E-state index < -0.39 is 11.9 Å². The quantitative estimate of drug-likeness (QED) is 0.897. The molecule has 114 valence electrons. The van der Waals surface area contributed by atoms with Crippen molar-refractivity contribution in [2.45, 2.75) is 19.3 Å². The molecule has 0 bridgehead atoms. The van der Waals surface area contributed by atoms with E-state index in [0.717, 1.165) is 18.4 Å². The minimum atomic E-state index is -0.825. The zero-order valence-electron chi connectivity index (χ0n) is 11.7. The number of aliphatic carboxylic acids is 1. The smallest absolute Gasteiger partial charge is 0.317 e. The molecule has 0 saturated carbocycles. The average molecular weight is 311 g/mol. The molecule has 1 aliphatic rings. The lowest BCUT2D eigenvalue weighted by atomic mass is 9.99. The van der Waals surface area contributed by atoms with E-state index in [9.17, 15) is 9.59 Å². The molecule has 1 aromatic carbocycles. The SMILES string of the molecule is O=C(O)C1CCCN(C(=O)NCCc2ccc(Cl)cc2)C1. The fourth-order valence-electron chi connectivity index (χ4n) is 2.44. The summed E-state index contributed by atoms with van der Waals surface area (Å²) in [5, 5.41) is 12.5. The van der Waals surface area contributed by atoms with Crippen LogP contribution in [0.1, 0.15) is 18.4 Å². The fraction of sp³-hybridized carbons (Fsp3) is 0.467. The molecule has 1 fully saturated rings. The summed E-state index contributed by atoms with van der Waals surface area (Å²) < 4.78 is 0. The van der Waals surface area contributed by atoms with E-state index in [-0.39, 0.29) is 6.03 Å². The van der Waals surface area contributed by atoms with Crippen LogP contribution in [0.4, 0.5) is 4.79 Å². The lowest BCUT2D eigenvalue weighted by Crippen LogP contribution is -2.47. The Morgan fingerprint density at radius 3 is 2.71 bits per heavy atom. The minimum Gasteiger partial charge on any atom is -0.481 e. The van der Waals surface area contributed by atoms with Crippen LogP contribution in [0.25, 0.3) is 0 Å². The van der Waals surface area contributed by atoms with Crippen molar-refractivity contribution in [1.82, 2.24) is 10.2 Å². The first-order valence-electron chi connectivity index (χ1n) is 7.06. The Morgan fingerprint density at radius 1 is 1.33 bits per heavy atom. The maximum atomic E-state index is 12.0. The van der Waals surface area contributed by atoms with Gasteiger partial charge in [0.1, 0.15) is 0 Å². The molecule has 2 N–H and O–H groups in total. The molecule has 0 aromatic heterocycles. The molecule has 2 amide bonds. The Bertz CT molecular complexity index is 504. The first kappa shape index (κ1) is 15.6. The summed E-state index contributed by atoms with van der Waals surface area (Å²) in [6, 6.07) is 7.31. The summed E-state index contributed by atoms with van der Waals surface area (Å²) in [4.78, 5) is 24.6. The van der Waals surface area contributed by atoms with Gasteiger partial charge in [-0.2, -0.15) is 0 Å². The largest absolute Gasteiger partial charge is 0.481 e. The molecule has 1 unspecified atom stereocenters. The van der Waals surface area contributed by atoms with Crippen LogP contribution in [-0.4, -0.2) is 41.6 Å². The number of carbonyl (C=O) groups excluding carboxylic acids is 1. The number of rotatable bonds is 4. The molecule has 0 radical (unpaired) electrons. The first-order chi connectivity index (χ1) is 10.1. The highest BCUT2D eigenvalue weighted by Crippen LogP contribution is 2.16. The first-order valence-corrected chi connectivity index (χ1v) is 7.44. The van der Waals surface area contributed by atoms with Crippen LogP contribution in [-0.2, 0) is 11.2 Å². The topological polar surface area (TPSA) is 69.6 Å². The third-order valence-electron chi connectivity index (χ3n) is 3.66. The van der Waals surface area contributed by atoms with Crippen molar-refractivity contribution in [2.24, 2.45) is 5.92 Å². The Kier molecular flexibility index (Phi) is 5.44. The predicted molar refractivity (Wildman–Crippen MR) is 80.5 cm³/mol. The fourth-order valence-corrected chi connectivity index (χ4v) is 2.57. The Balaban J connectivity index is 1.76. The number of carboxylic acids is 1. The second kappa shape index (κ2) is 7.31. The normalized spacial score (nSPS) is 18.3. The number of piperidine rings is 1. The van der Waals surface area contributed by atoms with Crippen molar-refractivity contribution >= 4 is 23.6 Å². The van der Waals surface area contributed by atoms with Crippen molar-refractivity contribution < 1.29 is 14.7 Å². The van der Waals surface area contributed by atoms with Gasteiger partial charge in [-0.3, -0.25) is 4.79 Å². The molecule has 1 atom stereocenters. The lowest BCUT2D eigenvalue weighted by Gasteiger charge is -2.30. The highest BCUT2D eigenvalue weighted by atomic mass is 35.5. The summed E-state index contributed by atoms with van der Waals surface area (Å²) in [6.45, 7) is 1.44. The van der Waals surface area contributed by atoms with Crippen LogP contribution in [0.2, 0.25) is 5.02 Å². The Morgan fingerprint density at radius 2 is 2.05 bits per heavy atom. The van der Waals surface area contributed by atoms with Gasteiger partial charge in [-0.15, -0.1) is 0 Å². The number of benzene rings is 1. The minimum absolute atomic E-state index is 0.185. The molecule has 1 saturated heterocycles. The maximum Gasteiger partial charge on any atom is 0.317 e. The van der Waals surface area contributed by atoms with Crippen LogP contribution in [0.5, 0.6) is 0 Å². The van der Waals surface area contributed by atoms with Crippen molar-refractivity contribution in [1.29, 1.82) is 0 Å². The Hall–Kier alpha value is -1.75. The summed E-state index contributed by atoms with van der Waals surface area (Å²) in [6.07, 6.45) is 2.10. The molecule has 5 nitrogen and oxygen atoms in total. The van der Waals surface area contributed by atoms with E-state index in [1.807, 2.05) is 24.3 Å². The number of hydrogen-bond donors (Lipinski definition) is 2. The van der Waals surface area contributed by atoms with Crippen LogP contribution in [0, 0.1) is 5.92 Å². The zero-order chi connectivity index (χ0) is 15.2. The molecular weight excluding hydrogens is 292 g/mol. The van der Waals surface area contributed by atoms with E-state index in [0.29, 0.717) is 31.1 Å². The number of halogens is 1. The number of hydrogen-bond acceptors (Lipinski definition) is 2. The molecule has 0 spiro atoms. The number of urea groups is 1. The van der Waals surface area contributed by atoms with Gasteiger partial charge in [-0.05, 0) is 37.0 Å². The molecule has 1 heterocycles. The standard InChI is InChI=1S/C15H19ClN2O3/c16-13-5-3-11(4-6-13)7-8-17-15(21)18-9-1-2-12(10-18)14(19)20/h3-6,12H,1-2,7-10H2,(H,17,21)(H,19,20).